The van der Waals surface area contributed by atoms with Crippen molar-refractivity contribution in [1.29, 1.82) is 0 Å². The van der Waals surface area contributed by atoms with Gasteiger partial charge in [0.2, 0.25) is 5.91 Å². The Balaban J connectivity index is 1.68. The lowest BCUT2D eigenvalue weighted by atomic mass is 10.1. The Morgan fingerprint density at radius 1 is 1.10 bits per heavy atom. The Hall–Kier alpha value is -2.70. The van der Waals surface area contributed by atoms with Crippen LogP contribution in [0.4, 0.5) is 5.13 Å². The molecular formula is C22H22ClN3O2S. The van der Waals surface area contributed by atoms with Crippen LogP contribution in [0.15, 0.2) is 60.0 Å². The van der Waals surface area contributed by atoms with Crippen molar-refractivity contribution in [3.05, 3.63) is 70.6 Å². The average Bonchev–Trinajstić information content (AvgIpc) is 3.16. The number of rotatable bonds is 7. The van der Waals surface area contributed by atoms with E-state index >= 15 is 0 Å². The summed E-state index contributed by atoms with van der Waals surface area (Å²) in [5.41, 5.74) is 2.30. The van der Waals surface area contributed by atoms with Gasteiger partial charge in [0.15, 0.2) is 5.13 Å². The monoisotopic (exact) mass is 427 g/mol. The van der Waals surface area contributed by atoms with Crippen LogP contribution in [0.3, 0.4) is 0 Å². The van der Waals surface area contributed by atoms with Gasteiger partial charge in [0.25, 0.3) is 5.91 Å². The molecule has 2 aromatic carbocycles. The van der Waals surface area contributed by atoms with Gasteiger partial charge in [-0.3, -0.25) is 9.59 Å². The molecule has 0 spiro atoms. The van der Waals surface area contributed by atoms with Crippen LogP contribution in [-0.4, -0.2) is 34.8 Å². The van der Waals surface area contributed by atoms with E-state index in [0.29, 0.717) is 22.3 Å². The maximum atomic E-state index is 12.9. The molecule has 0 fully saturated rings. The number of nitrogens with one attached hydrogen (secondary N) is 1. The number of hydrogen-bond acceptors (Lipinski definition) is 4. The van der Waals surface area contributed by atoms with Gasteiger partial charge in [-0.15, -0.1) is 11.3 Å². The van der Waals surface area contributed by atoms with Crippen molar-refractivity contribution < 1.29 is 9.59 Å². The lowest BCUT2D eigenvalue weighted by molar-refractivity contribution is -0.117. The van der Waals surface area contributed by atoms with Crippen LogP contribution in [0.2, 0.25) is 5.02 Å². The van der Waals surface area contributed by atoms with Gasteiger partial charge >= 0.3 is 0 Å². The van der Waals surface area contributed by atoms with Gasteiger partial charge in [-0.05, 0) is 30.2 Å². The fourth-order valence-electron chi connectivity index (χ4n) is 2.84. The Labute approximate surface area is 179 Å². The van der Waals surface area contributed by atoms with Crippen molar-refractivity contribution in [2.45, 2.75) is 13.8 Å². The maximum Gasteiger partial charge on any atom is 0.254 e. The second-order valence-electron chi connectivity index (χ2n) is 7.04. The zero-order valence-corrected chi connectivity index (χ0v) is 17.8. The fourth-order valence-corrected chi connectivity index (χ4v) is 3.70. The van der Waals surface area contributed by atoms with E-state index in [1.54, 1.807) is 29.2 Å². The quantitative estimate of drug-likeness (QED) is 0.563. The van der Waals surface area contributed by atoms with Crippen molar-refractivity contribution in [1.82, 2.24) is 9.88 Å². The van der Waals surface area contributed by atoms with E-state index in [-0.39, 0.29) is 24.3 Å². The Bertz CT molecular complexity index is 971. The zero-order valence-electron chi connectivity index (χ0n) is 16.3. The zero-order chi connectivity index (χ0) is 20.8. The first-order chi connectivity index (χ1) is 13.9. The molecule has 2 amide bonds. The van der Waals surface area contributed by atoms with E-state index in [1.807, 2.05) is 49.6 Å². The van der Waals surface area contributed by atoms with Crippen molar-refractivity contribution in [2.75, 3.05) is 18.4 Å². The largest absolute Gasteiger partial charge is 0.329 e. The molecule has 0 saturated carbocycles. The highest BCUT2D eigenvalue weighted by Gasteiger charge is 2.20. The van der Waals surface area contributed by atoms with Crippen LogP contribution in [0, 0.1) is 5.92 Å². The van der Waals surface area contributed by atoms with Crippen LogP contribution in [0.5, 0.6) is 0 Å². The minimum atomic E-state index is -0.276. The number of aromatic nitrogens is 1. The summed E-state index contributed by atoms with van der Waals surface area (Å²) in [4.78, 5) is 31.5. The summed E-state index contributed by atoms with van der Waals surface area (Å²) in [5, 5.41) is 5.78. The summed E-state index contributed by atoms with van der Waals surface area (Å²) in [6.45, 7) is 4.45. The molecule has 3 rings (SSSR count). The topological polar surface area (TPSA) is 62.3 Å². The van der Waals surface area contributed by atoms with Gasteiger partial charge in [0.05, 0.1) is 5.69 Å². The number of carbonyl (C=O) groups is 2. The molecule has 0 aliphatic carbocycles. The van der Waals surface area contributed by atoms with Gasteiger partial charge in [-0.2, -0.15) is 0 Å². The van der Waals surface area contributed by atoms with Crippen molar-refractivity contribution in [3.8, 4) is 11.3 Å². The molecule has 1 aromatic heterocycles. The average molecular weight is 428 g/mol. The molecule has 0 aliphatic heterocycles. The normalized spacial score (nSPS) is 10.8. The smallest absolute Gasteiger partial charge is 0.254 e. The number of thiazole rings is 1. The van der Waals surface area contributed by atoms with E-state index in [0.717, 1.165) is 11.3 Å². The number of hydrogen-bond donors (Lipinski definition) is 1. The second-order valence-corrected chi connectivity index (χ2v) is 8.33. The third kappa shape index (κ3) is 5.89. The van der Waals surface area contributed by atoms with Gasteiger partial charge in [-0.25, -0.2) is 4.98 Å². The molecule has 0 unspecified atom stereocenters. The van der Waals surface area contributed by atoms with Gasteiger partial charge in [0, 0.05) is 28.1 Å². The first kappa shape index (κ1) is 21.0. The van der Waals surface area contributed by atoms with Crippen LogP contribution >= 0.6 is 22.9 Å². The van der Waals surface area contributed by atoms with E-state index < -0.39 is 0 Å². The molecule has 0 bridgehead atoms. The number of nitrogens with zero attached hydrogens (tertiary/aromatic N) is 2. The molecule has 0 radical (unpaired) electrons. The van der Waals surface area contributed by atoms with Crippen molar-refractivity contribution in [3.63, 3.8) is 0 Å². The Morgan fingerprint density at radius 3 is 2.45 bits per heavy atom. The second kappa shape index (κ2) is 9.67. The third-order valence-corrected chi connectivity index (χ3v) is 5.13. The molecular weight excluding hydrogens is 406 g/mol. The molecule has 7 heteroatoms. The summed E-state index contributed by atoms with van der Waals surface area (Å²) >= 11 is 7.27. The molecule has 0 aliphatic rings. The summed E-state index contributed by atoms with van der Waals surface area (Å²) in [6, 6.07) is 16.4. The molecule has 1 N–H and O–H groups in total. The summed E-state index contributed by atoms with van der Waals surface area (Å²) in [5.74, 6) is -0.250. The van der Waals surface area contributed by atoms with Crippen molar-refractivity contribution in [2.24, 2.45) is 5.92 Å². The Kier molecular flexibility index (Phi) is 7.01. The summed E-state index contributed by atoms with van der Waals surface area (Å²) in [6.07, 6.45) is 0. The minimum absolute atomic E-state index is 0.0418. The predicted octanol–water partition coefficient (Wildman–Crippen LogP) is 5.20. The summed E-state index contributed by atoms with van der Waals surface area (Å²) < 4.78 is 0. The van der Waals surface area contributed by atoms with E-state index in [2.05, 4.69) is 10.3 Å². The van der Waals surface area contributed by atoms with E-state index in [4.69, 9.17) is 11.6 Å². The number of benzene rings is 2. The van der Waals surface area contributed by atoms with Gasteiger partial charge < -0.3 is 10.2 Å². The molecule has 1 heterocycles. The van der Waals surface area contributed by atoms with E-state index in [9.17, 15) is 9.59 Å². The first-order valence-corrected chi connectivity index (χ1v) is 10.5. The highest BCUT2D eigenvalue weighted by atomic mass is 35.5. The summed E-state index contributed by atoms with van der Waals surface area (Å²) in [7, 11) is 0. The van der Waals surface area contributed by atoms with Crippen molar-refractivity contribution >= 4 is 39.9 Å². The van der Waals surface area contributed by atoms with Crippen LogP contribution < -0.4 is 5.32 Å². The third-order valence-electron chi connectivity index (χ3n) is 4.12. The number of amides is 2. The SMILES string of the molecule is CC(C)CN(CC(=O)Nc1nc(-c2ccccc2)cs1)C(=O)c1ccc(Cl)cc1. The van der Waals surface area contributed by atoms with Crippen LogP contribution in [-0.2, 0) is 4.79 Å². The first-order valence-electron chi connectivity index (χ1n) is 9.28. The van der Waals surface area contributed by atoms with E-state index in [1.165, 1.54) is 11.3 Å². The number of anilines is 1. The van der Waals surface area contributed by atoms with Crippen LogP contribution in [0.1, 0.15) is 24.2 Å². The maximum absolute atomic E-state index is 12.9. The minimum Gasteiger partial charge on any atom is -0.329 e. The standard InChI is InChI=1S/C22H22ClN3O2S/c1-15(2)12-26(21(28)17-8-10-18(23)11-9-17)13-20(27)25-22-24-19(14-29-22)16-6-4-3-5-7-16/h3-11,14-15H,12-13H2,1-2H3,(H,24,25,27). The molecule has 150 valence electrons. The van der Waals surface area contributed by atoms with Crippen LogP contribution in [0.25, 0.3) is 11.3 Å². The lowest BCUT2D eigenvalue weighted by Gasteiger charge is -2.24. The number of halogens is 1. The lowest BCUT2D eigenvalue weighted by Crippen LogP contribution is -2.40. The fraction of sp³-hybridized carbons (Fsp3) is 0.227. The van der Waals surface area contributed by atoms with Gasteiger partial charge in [-0.1, -0.05) is 55.8 Å². The van der Waals surface area contributed by atoms with Gasteiger partial charge in [0.1, 0.15) is 6.54 Å². The molecule has 5 nitrogen and oxygen atoms in total. The molecule has 3 aromatic rings. The molecule has 29 heavy (non-hydrogen) atoms. The molecule has 0 atom stereocenters. The predicted molar refractivity (Wildman–Crippen MR) is 118 cm³/mol. The highest BCUT2D eigenvalue weighted by Crippen LogP contribution is 2.24. The Morgan fingerprint density at radius 2 is 1.79 bits per heavy atom. The molecule has 0 saturated heterocycles. The number of carbonyl (C=O) groups excluding carboxylic acids is 2. The highest BCUT2D eigenvalue weighted by molar-refractivity contribution is 7.14.